The Morgan fingerprint density at radius 1 is 1.25 bits per heavy atom. The predicted molar refractivity (Wildman–Crippen MR) is 70.6 cm³/mol. The molecule has 0 aliphatic heterocycles. The summed E-state index contributed by atoms with van der Waals surface area (Å²) >= 11 is 17.9. The lowest BCUT2D eigenvalue weighted by atomic mass is 10.1. The van der Waals surface area contributed by atoms with Crippen LogP contribution in [0.2, 0.25) is 10.0 Å². The zero-order valence-corrected chi connectivity index (χ0v) is 11.2. The molecule has 4 heteroatoms. The molecular weight excluding hydrogens is 264 g/mol. The number of nitrogens with one attached hydrogen (secondary N) is 1. The molecule has 0 amide bonds. The first-order chi connectivity index (χ1) is 7.65. The van der Waals surface area contributed by atoms with E-state index in [9.17, 15) is 0 Å². The summed E-state index contributed by atoms with van der Waals surface area (Å²) in [7, 11) is 0. The summed E-state index contributed by atoms with van der Waals surface area (Å²) in [6.45, 7) is 1.71. The topological polar surface area (TPSA) is 12.0 Å². The molecule has 0 bridgehead atoms. The maximum absolute atomic E-state index is 6.07. The Morgan fingerprint density at radius 2 is 2.00 bits per heavy atom. The largest absolute Gasteiger partial charge is 0.312 e. The van der Waals surface area contributed by atoms with Crippen LogP contribution >= 0.6 is 34.8 Å². The average Bonchev–Trinajstić information content (AvgIpc) is 3.04. The van der Waals surface area contributed by atoms with Gasteiger partial charge >= 0.3 is 0 Å². The first kappa shape index (κ1) is 12.5. The van der Waals surface area contributed by atoms with Gasteiger partial charge in [0.25, 0.3) is 0 Å². The molecule has 0 atom stereocenters. The fourth-order valence-corrected chi connectivity index (χ4v) is 2.42. The van der Waals surface area contributed by atoms with Crippen molar-refractivity contribution < 1.29 is 0 Å². The van der Waals surface area contributed by atoms with Crippen molar-refractivity contribution in [2.75, 3.05) is 12.4 Å². The first-order valence-corrected chi connectivity index (χ1v) is 6.65. The van der Waals surface area contributed by atoms with Gasteiger partial charge in [-0.05, 0) is 42.0 Å². The summed E-state index contributed by atoms with van der Waals surface area (Å²) in [5, 5.41) is 4.87. The average molecular weight is 279 g/mol. The summed E-state index contributed by atoms with van der Waals surface area (Å²) in [4.78, 5) is 0. The molecule has 2 rings (SSSR count). The minimum Gasteiger partial charge on any atom is -0.312 e. The lowest BCUT2D eigenvalue weighted by Crippen LogP contribution is -2.24. The summed E-state index contributed by atoms with van der Waals surface area (Å²) in [6, 6.07) is 5.53. The van der Waals surface area contributed by atoms with Crippen LogP contribution < -0.4 is 5.32 Å². The van der Waals surface area contributed by atoms with Gasteiger partial charge in [-0.2, -0.15) is 0 Å². The third-order valence-corrected chi connectivity index (χ3v) is 4.23. The Bertz CT molecular complexity index is 375. The normalized spacial score (nSPS) is 17.4. The minimum absolute atomic E-state index is 0.340. The molecule has 1 fully saturated rings. The summed E-state index contributed by atoms with van der Waals surface area (Å²) in [5.74, 6) is 0.739. The van der Waals surface area contributed by atoms with E-state index >= 15 is 0 Å². The van der Waals surface area contributed by atoms with Crippen molar-refractivity contribution in [3.05, 3.63) is 33.8 Å². The zero-order chi connectivity index (χ0) is 11.6. The van der Waals surface area contributed by atoms with Crippen LogP contribution in [-0.2, 0) is 6.54 Å². The second-order valence-corrected chi connectivity index (χ2v) is 5.58. The fourth-order valence-electron chi connectivity index (χ4n) is 1.68. The van der Waals surface area contributed by atoms with Crippen molar-refractivity contribution in [1.82, 2.24) is 5.32 Å². The maximum Gasteiger partial charge on any atom is 0.0451 e. The van der Waals surface area contributed by atoms with Gasteiger partial charge in [0.2, 0.25) is 0 Å². The number of benzene rings is 1. The summed E-state index contributed by atoms with van der Waals surface area (Å²) in [5.41, 5.74) is 1.38. The Balaban J connectivity index is 1.87. The van der Waals surface area contributed by atoms with E-state index < -0.39 is 0 Å². The molecule has 0 radical (unpaired) electrons. The van der Waals surface area contributed by atoms with Crippen molar-refractivity contribution in [2.24, 2.45) is 5.41 Å². The zero-order valence-electron chi connectivity index (χ0n) is 8.90. The fraction of sp³-hybridized carbons (Fsp3) is 0.500. The van der Waals surface area contributed by atoms with Crippen molar-refractivity contribution >= 4 is 34.8 Å². The highest BCUT2D eigenvalue weighted by atomic mass is 35.5. The van der Waals surface area contributed by atoms with Crippen molar-refractivity contribution in [1.29, 1.82) is 0 Å². The van der Waals surface area contributed by atoms with Crippen LogP contribution in [0.15, 0.2) is 18.2 Å². The van der Waals surface area contributed by atoms with E-state index in [1.54, 1.807) is 6.07 Å². The van der Waals surface area contributed by atoms with Gasteiger partial charge in [-0.3, -0.25) is 0 Å². The molecule has 1 aromatic carbocycles. The van der Waals surface area contributed by atoms with Gasteiger partial charge in [0, 0.05) is 29.0 Å². The van der Waals surface area contributed by atoms with E-state index in [-0.39, 0.29) is 0 Å². The molecule has 1 aliphatic rings. The van der Waals surface area contributed by atoms with E-state index in [4.69, 9.17) is 34.8 Å². The smallest absolute Gasteiger partial charge is 0.0451 e. The molecule has 0 heterocycles. The van der Waals surface area contributed by atoms with Crippen molar-refractivity contribution in [2.45, 2.75) is 19.4 Å². The maximum atomic E-state index is 6.07. The standard InChI is InChI=1S/C12H14Cl3N/c13-7-12(3-4-12)8-16-6-9-5-10(14)1-2-11(9)15/h1-2,5,16H,3-4,6-8H2. The Morgan fingerprint density at radius 3 is 2.62 bits per heavy atom. The highest BCUT2D eigenvalue weighted by Crippen LogP contribution is 2.45. The first-order valence-electron chi connectivity index (χ1n) is 5.36. The van der Waals surface area contributed by atoms with E-state index in [1.807, 2.05) is 12.1 Å². The monoisotopic (exact) mass is 277 g/mol. The van der Waals surface area contributed by atoms with Crippen LogP contribution in [0, 0.1) is 5.41 Å². The van der Waals surface area contributed by atoms with E-state index in [2.05, 4.69) is 5.32 Å². The Kier molecular flexibility index (Phi) is 4.01. The SMILES string of the molecule is ClCC1(CNCc2cc(Cl)ccc2Cl)CC1. The molecule has 0 unspecified atom stereocenters. The molecule has 1 nitrogen and oxygen atoms in total. The number of halogens is 3. The molecular formula is C12H14Cl3N. The molecule has 1 aromatic rings. The Hall–Kier alpha value is 0.0500. The van der Waals surface area contributed by atoms with Crippen LogP contribution in [0.3, 0.4) is 0 Å². The molecule has 1 N–H and O–H groups in total. The predicted octanol–water partition coefficient (Wildman–Crippen LogP) is 4.10. The van der Waals surface area contributed by atoms with E-state index in [1.165, 1.54) is 12.8 Å². The van der Waals surface area contributed by atoms with Gasteiger partial charge in [0.15, 0.2) is 0 Å². The molecule has 0 saturated heterocycles. The minimum atomic E-state index is 0.340. The summed E-state index contributed by atoms with van der Waals surface area (Å²) < 4.78 is 0. The van der Waals surface area contributed by atoms with Crippen molar-refractivity contribution in [3.63, 3.8) is 0 Å². The molecule has 1 saturated carbocycles. The molecule has 16 heavy (non-hydrogen) atoms. The lowest BCUT2D eigenvalue weighted by Gasteiger charge is -2.13. The third-order valence-electron chi connectivity index (χ3n) is 3.06. The molecule has 88 valence electrons. The van der Waals surface area contributed by atoms with Crippen LogP contribution in [0.4, 0.5) is 0 Å². The molecule has 0 aromatic heterocycles. The second-order valence-electron chi connectivity index (χ2n) is 4.47. The summed E-state index contributed by atoms with van der Waals surface area (Å²) in [6.07, 6.45) is 2.46. The highest BCUT2D eigenvalue weighted by molar-refractivity contribution is 6.33. The quantitative estimate of drug-likeness (QED) is 0.800. The second kappa shape index (κ2) is 5.14. The third kappa shape index (κ3) is 3.04. The Labute approximate surface area is 111 Å². The molecule has 1 aliphatic carbocycles. The van der Waals surface area contributed by atoms with Gasteiger partial charge in [-0.1, -0.05) is 23.2 Å². The van der Waals surface area contributed by atoms with Gasteiger partial charge in [0.05, 0.1) is 0 Å². The van der Waals surface area contributed by atoms with Crippen LogP contribution in [0.25, 0.3) is 0 Å². The van der Waals surface area contributed by atoms with Gasteiger partial charge in [0.1, 0.15) is 0 Å². The number of alkyl halides is 1. The van der Waals surface area contributed by atoms with Crippen molar-refractivity contribution in [3.8, 4) is 0 Å². The number of hydrogen-bond donors (Lipinski definition) is 1. The highest BCUT2D eigenvalue weighted by Gasteiger charge is 2.41. The van der Waals surface area contributed by atoms with Gasteiger partial charge in [-0.15, -0.1) is 11.6 Å². The van der Waals surface area contributed by atoms with E-state index in [0.717, 1.165) is 34.6 Å². The number of hydrogen-bond acceptors (Lipinski definition) is 1. The van der Waals surface area contributed by atoms with Crippen LogP contribution in [0.1, 0.15) is 18.4 Å². The van der Waals surface area contributed by atoms with Crippen LogP contribution in [-0.4, -0.2) is 12.4 Å². The number of rotatable bonds is 5. The van der Waals surface area contributed by atoms with E-state index in [0.29, 0.717) is 5.41 Å². The van der Waals surface area contributed by atoms with Gasteiger partial charge in [-0.25, -0.2) is 0 Å². The lowest BCUT2D eigenvalue weighted by molar-refractivity contribution is 0.505. The van der Waals surface area contributed by atoms with Gasteiger partial charge < -0.3 is 5.32 Å². The molecule has 0 spiro atoms. The van der Waals surface area contributed by atoms with Crippen LogP contribution in [0.5, 0.6) is 0 Å².